The second-order valence-corrected chi connectivity index (χ2v) is 5.48. The van der Waals surface area contributed by atoms with E-state index in [1.807, 2.05) is 13.0 Å². The molecule has 2 N–H and O–H groups in total. The topological polar surface area (TPSA) is 29.3 Å². The maximum atomic E-state index is 13.9. The number of nitrogens with two attached hydrogens (primary N) is 1. The number of halogens is 1. The van der Waals surface area contributed by atoms with Crippen LogP contribution in [0.3, 0.4) is 0 Å². The third-order valence-electron chi connectivity index (χ3n) is 3.84. The van der Waals surface area contributed by atoms with Gasteiger partial charge in [0.15, 0.2) is 0 Å². The summed E-state index contributed by atoms with van der Waals surface area (Å²) in [5.41, 5.74) is 7.57. The third kappa shape index (κ3) is 2.83. The molecule has 1 heterocycles. The molecule has 0 aromatic heterocycles. The lowest BCUT2D eigenvalue weighted by atomic mass is 10.0. The molecule has 0 spiro atoms. The molecule has 2 nitrogen and oxygen atoms in total. The molecule has 0 bridgehead atoms. The molecule has 0 amide bonds. The fraction of sp³-hybridized carbons (Fsp3) is 0.600. The number of hydrogen-bond acceptors (Lipinski definition) is 2. The Labute approximate surface area is 109 Å². The van der Waals surface area contributed by atoms with Gasteiger partial charge < -0.3 is 10.6 Å². The molecule has 100 valence electrons. The zero-order valence-electron chi connectivity index (χ0n) is 11.3. The van der Waals surface area contributed by atoms with Crippen LogP contribution in [0.15, 0.2) is 18.2 Å². The molecule has 0 aliphatic carbocycles. The minimum atomic E-state index is -0.262. The fourth-order valence-corrected chi connectivity index (χ4v) is 2.76. The van der Waals surface area contributed by atoms with Gasteiger partial charge >= 0.3 is 0 Å². The summed E-state index contributed by atoms with van der Waals surface area (Å²) in [6.45, 7) is 6.15. The number of hydrogen-bond donors (Lipinski definition) is 1. The predicted molar refractivity (Wildman–Crippen MR) is 74.2 cm³/mol. The van der Waals surface area contributed by atoms with E-state index in [9.17, 15) is 4.39 Å². The van der Waals surface area contributed by atoms with Gasteiger partial charge in [-0.1, -0.05) is 13.0 Å². The molecule has 1 aromatic carbocycles. The van der Waals surface area contributed by atoms with Crippen molar-refractivity contribution in [3.8, 4) is 0 Å². The first kappa shape index (κ1) is 13.3. The van der Waals surface area contributed by atoms with Gasteiger partial charge in [0.1, 0.15) is 5.82 Å². The Morgan fingerprint density at radius 3 is 2.83 bits per heavy atom. The molecule has 0 saturated carbocycles. The fourth-order valence-electron chi connectivity index (χ4n) is 2.76. The van der Waals surface area contributed by atoms with Gasteiger partial charge in [0.25, 0.3) is 0 Å². The molecule has 2 atom stereocenters. The van der Waals surface area contributed by atoms with E-state index in [0.29, 0.717) is 5.56 Å². The molecule has 0 radical (unpaired) electrons. The minimum absolute atomic E-state index is 0.181. The van der Waals surface area contributed by atoms with Crippen molar-refractivity contribution in [1.82, 2.24) is 0 Å². The van der Waals surface area contributed by atoms with Crippen LogP contribution in [0.2, 0.25) is 0 Å². The largest absolute Gasteiger partial charge is 0.371 e. The summed E-state index contributed by atoms with van der Waals surface area (Å²) in [5, 5.41) is 0. The Morgan fingerprint density at radius 2 is 2.11 bits per heavy atom. The van der Waals surface area contributed by atoms with Gasteiger partial charge in [0.05, 0.1) is 0 Å². The van der Waals surface area contributed by atoms with Crippen LogP contribution in [0, 0.1) is 11.7 Å². The summed E-state index contributed by atoms with van der Waals surface area (Å²) in [7, 11) is 0. The highest BCUT2D eigenvalue weighted by Gasteiger charge is 2.20. The van der Waals surface area contributed by atoms with Crippen LogP contribution in [0.5, 0.6) is 0 Å². The first-order valence-electron chi connectivity index (χ1n) is 6.88. The molecule has 1 aliphatic rings. The Balaban J connectivity index is 2.29. The summed E-state index contributed by atoms with van der Waals surface area (Å²) >= 11 is 0. The van der Waals surface area contributed by atoms with Crippen molar-refractivity contribution < 1.29 is 4.39 Å². The third-order valence-corrected chi connectivity index (χ3v) is 3.84. The second kappa shape index (κ2) is 5.70. The lowest BCUT2D eigenvalue weighted by Gasteiger charge is -2.27. The molecule has 1 aromatic rings. The summed E-state index contributed by atoms with van der Waals surface area (Å²) in [6, 6.07) is 5.02. The van der Waals surface area contributed by atoms with Gasteiger partial charge in [-0.3, -0.25) is 0 Å². The Morgan fingerprint density at radius 1 is 1.33 bits per heavy atom. The van der Waals surface area contributed by atoms with E-state index in [4.69, 9.17) is 5.73 Å². The predicted octanol–water partition coefficient (Wildman–Crippen LogP) is 3.47. The van der Waals surface area contributed by atoms with Crippen molar-refractivity contribution in [2.75, 3.05) is 18.0 Å². The highest BCUT2D eigenvalue weighted by atomic mass is 19.1. The monoisotopic (exact) mass is 250 g/mol. The summed E-state index contributed by atoms with van der Waals surface area (Å²) in [4.78, 5) is 2.30. The zero-order valence-corrected chi connectivity index (χ0v) is 11.3. The highest BCUT2D eigenvalue weighted by Crippen LogP contribution is 2.30. The first-order chi connectivity index (χ1) is 8.59. The van der Waals surface area contributed by atoms with Crippen LogP contribution in [-0.4, -0.2) is 13.1 Å². The van der Waals surface area contributed by atoms with Crippen molar-refractivity contribution in [3.63, 3.8) is 0 Å². The maximum Gasteiger partial charge on any atom is 0.130 e. The Hall–Kier alpha value is -1.09. The zero-order chi connectivity index (χ0) is 13.1. The standard InChI is InChI=1S/C15H23FN2/c1-11-5-4-9-18(10-8-11)14-7-3-6-13(16)15(14)12(2)17/h3,6-7,11-12H,4-5,8-10,17H2,1-2H3/t11?,12-/m0/s1. The Bertz CT molecular complexity index is 403. The summed E-state index contributed by atoms with van der Waals surface area (Å²) < 4.78 is 13.9. The van der Waals surface area contributed by atoms with E-state index in [0.717, 1.165) is 24.7 Å². The molecular weight excluding hydrogens is 227 g/mol. The van der Waals surface area contributed by atoms with Crippen LogP contribution >= 0.6 is 0 Å². The molecule has 1 saturated heterocycles. The van der Waals surface area contributed by atoms with Gasteiger partial charge in [-0.05, 0) is 44.2 Å². The minimum Gasteiger partial charge on any atom is -0.371 e. The smallest absolute Gasteiger partial charge is 0.130 e. The quantitative estimate of drug-likeness (QED) is 0.870. The first-order valence-corrected chi connectivity index (χ1v) is 6.88. The van der Waals surface area contributed by atoms with Crippen molar-refractivity contribution in [3.05, 3.63) is 29.6 Å². The van der Waals surface area contributed by atoms with Crippen molar-refractivity contribution in [2.45, 2.75) is 39.2 Å². The lowest BCUT2D eigenvalue weighted by Crippen LogP contribution is -2.27. The van der Waals surface area contributed by atoms with Gasteiger partial charge in [-0.25, -0.2) is 4.39 Å². The van der Waals surface area contributed by atoms with Gasteiger partial charge in [-0.2, -0.15) is 0 Å². The van der Waals surface area contributed by atoms with E-state index >= 15 is 0 Å². The average Bonchev–Trinajstić information content (AvgIpc) is 2.53. The van der Waals surface area contributed by atoms with E-state index in [-0.39, 0.29) is 11.9 Å². The molecule has 1 aliphatic heterocycles. The molecule has 2 rings (SSSR count). The van der Waals surface area contributed by atoms with Gasteiger partial charge in [0.2, 0.25) is 0 Å². The van der Waals surface area contributed by atoms with Crippen LogP contribution in [-0.2, 0) is 0 Å². The molecule has 18 heavy (non-hydrogen) atoms. The van der Waals surface area contributed by atoms with E-state index in [1.54, 1.807) is 6.07 Å². The highest BCUT2D eigenvalue weighted by molar-refractivity contribution is 5.55. The van der Waals surface area contributed by atoms with Crippen molar-refractivity contribution in [2.24, 2.45) is 11.7 Å². The van der Waals surface area contributed by atoms with Crippen LogP contribution in [0.25, 0.3) is 0 Å². The lowest BCUT2D eigenvalue weighted by molar-refractivity contribution is 0.521. The van der Waals surface area contributed by atoms with Crippen molar-refractivity contribution >= 4 is 5.69 Å². The van der Waals surface area contributed by atoms with E-state index in [2.05, 4.69) is 11.8 Å². The maximum absolute atomic E-state index is 13.9. The molecule has 3 heteroatoms. The average molecular weight is 250 g/mol. The molecule has 1 fully saturated rings. The van der Waals surface area contributed by atoms with E-state index < -0.39 is 0 Å². The molecular formula is C15H23FN2. The molecule has 1 unspecified atom stereocenters. The number of nitrogens with zero attached hydrogens (tertiary/aromatic N) is 1. The Kier molecular flexibility index (Phi) is 4.23. The van der Waals surface area contributed by atoms with E-state index in [1.165, 1.54) is 25.3 Å². The normalized spacial score (nSPS) is 22.7. The van der Waals surface area contributed by atoms with Crippen LogP contribution in [0.1, 0.15) is 44.7 Å². The SMILES string of the molecule is CC1CCCN(c2cccc(F)c2[C@H](C)N)CC1. The summed E-state index contributed by atoms with van der Waals surface area (Å²) in [5.74, 6) is 0.585. The summed E-state index contributed by atoms with van der Waals surface area (Å²) in [6.07, 6.45) is 3.62. The van der Waals surface area contributed by atoms with Gasteiger partial charge in [-0.15, -0.1) is 0 Å². The number of anilines is 1. The van der Waals surface area contributed by atoms with Crippen molar-refractivity contribution in [1.29, 1.82) is 0 Å². The second-order valence-electron chi connectivity index (χ2n) is 5.48. The number of rotatable bonds is 2. The van der Waals surface area contributed by atoms with Crippen LogP contribution in [0.4, 0.5) is 10.1 Å². The number of benzene rings is 1. The van der Waals surface area contributed by atoms with Crippen LogP contribution < -0.4 is 10.6 Å². The van der Waals surface area contributed by atoms with Gasteiger partial charge in [0, 0.05) is 30.4 Å².